The van der Waals surface area contributed by atoms with E-state index in [1.165, 1.54) is 6.07 Å². The molecule has 0 spiro atoms. The van der Waals surface area contributed by atoms with Crippen LogP contribution in [-0.4, -0.2) is 28.5 Å². The fourth-order valence-electron chi connectivity index (χ4n) is 1.29. The normalized spacial score (nSPS) is 9.88. The molecule has 6 nitrogen and oxygen atoms in total. The lowest BCUT2D eigenvalue weighted by atomic mass is 10.2. The van der Waals surface area contributed by atoms with Crippen LogP contribution in [0.15, 0.2) is 18.2 Å². The highest BCUT2D eigenvalue weighted by Gasteiger charge is 2.04. The van der Waals surface area contributed by atoms with E-state index in [0.717, 1.165) is 6.42 Å². The molecule has 0 aliphatic carbocycles. The maximum Gasteiger partial charge on any atom is 0.354 e. The minimum absolute atomic E-state index is 0.00661. The molecule has 1 amide bonds. The van der Waals surface area contributed by atoms with Gasteiger partial charge in [0, 0.05) is 13.0 Å². The summed E-state index contributed by atoms with van der Waals surface area (Å²) in [6, 6.07) is 4.75. The number of anilines is 1. The molecule has 92 valence electrons. The summed E-state index contributed by atoms with van der Waals surface area (Å²) >= 11 is 0. The zero-order valence-corrected chi connectivity index (χ0v) is 9.35. The number of hydrogen-bond donors (Lipinski definition) is 3. The summed E-state index contributed by atoms with van der Waals surface area (Å²) in [6.45, 7) is 0.628. The molecule has 0 saturated carbocycles. The first-order valence-corrected chi connectivity index (χ1v) is 5.32. The lowest BCUT2D eigenvalue weighted by Gasteiger charge is -2.05. The second kappa shape index (κ2) is 6.47. The first-order valence-electron chi connectivity index (χ1n) is 5.32. The monoisotopic (exact) mass is 237 g/mol. The zero-order valence-electron chi connectivity index (χ0n) is 9.35. The molecule has 0 unspecified atom stereocenters. The molecule has 1 aromatic heterocycles. The Bertz CT molecular complexity index is 407. The van der Waals surface area contributed by atoms with E-state index in [0.29, 0.717) is 25.2 Å². The molecule has 0 aromatic carbocycles. The second-order valence-corrected chi connectivity index (χ2v) is 3.56. The Morgan fingerprint density at radius 1 is 1.35 bits per heavy atom. The molecule has 1 rings (SSSR count). The summed E-state index contributed by atoms with van der Waals surface area (Å²) < 4.78 is 0. The van der Waals surface area contributed by atoms with Gasteiger partial charge in [0.2, 0.25) is 5.91 Å². The number of pyridine rings is 1. The van der Waals surface area contributed by atoms with Crippen molar-refractivity contribution in [3.8, 4) is 0 Å². The van der Waals surface area contributed by atoms with Crippen molar-refractivity contribution in [1.29, 1.82) is 0 Å². The molecule has 0 atom stereocenters. The molecular weight excluding hydrogens is 222 g/mol. The maximum atomic E-state index is 10.7. The first kappa shape index (κ1) is 13.0. The number of nitrogens with zero attached hydrogens (tertiary/aromatic N) is 1. The molecule has 1 heterocycles. The Morgan fingerprint density at radius 2 is 2.12 bits per heavy atom. The third-order valence-corrected chi connectivity index (χ3v) is 2.12. The van der Waals surface area contributed by atoms with Crippen molar-refractivity contribution in [2.24, 2.45) is 5.73 Å². The number of amides is 1. The summed E-state index contributed by atoms with van der Waals surface area (Å²) in [4.78, 5) is 25.0. The van der Waals surface area contributed by atoms with Crippen LogP contribution in [0.2, 0.25) is 0 Å². The fraction of sp³-hybridized carbons (Fsp3) is 0.364. The van der Waals surface area contributed by atoms with Crippen molar-refractivity contribution in [2.75, 3.05) is 11.9 Å². The number of nitrogens with two attached hydrogens (primary N) is 1. The number of carboxylic acid groups (broad SMARTS) is 1. The highest BCUT2D eigenvalue weighted by Crippen LogP contribution is 2.05. The summed E-state index contributed by atoms with van der Waals surface area (Å²) in [5.41, 5.74) is 5.01. The SMILES string of the molecule is NC(=O)CCCCNc1cccc(C(=O)O)n1. The predicted molar refractivity (Wildman–Crippen MR) is 62.7 cm³/mol. The quantitative estimate of drug-likeness (QED) is 0.609. The third kappa shape index (κ3) is 4.96. The smallest absolute Gasteiger partial charge is 0.354 e. The van der Waals surface area contributed by atoms with Gasteiger partial charge in [0.25, 0.3) is 0 Å². The number of unbranched alkanes of at least 4 members (excludes halogenated alkanes) is 1. The molecule has 0 aliphatic heterocycles. The van der Waals surface area contributed by atoms with Crippen molar-refractivity contribution in [3.05, 3.63) is 23.9 Å². The molecule has 0 aliphatic rings. The van der Waals surface area contributed by atoms with Gasteiger partial charge in [-0.05, 0) is 25.0 Å². The summed E-state index contributed by atoms with van der Waals surface area (Å²) in [5.74, 6) is -0.845. The average molecular weight is 237 g/mol. The summed E-state index contributed by atoms with van der Waals surface area (Å²) in [7, 11) is 0. The Morgan fingerprint density at radius 3 is 2.76 bits per heavy atom. The van der Waals surface area contributed by atoms with Crippen LogP contribution in [0.1, 0.15) is 29.8 Å². The van der Waals surface area contributed by atoms with Gasteiger partial charge in [-0.3, -0.25) is 4.79 Å². The van der Waals surface area contributed by atoms with Crippen LogP contribution >= 0.6 is 0 Å². The van der Waals surface area contributed by atoms with Crippen molar-refractivity contribution in [2.45, 2.75) is 19.3 Å². The van der Waals surface area contributed by atoms with E-state index in [1.54, 1.807) is 12.1 Å². The number of nitrogens with one attached hydrogen (secondary N) is 1. The Kier molecular flexibility index (Phi) is 4.93. The van der Waals surface area contributed by atoms with E-state index in [-0.39, 0.29) is 11.6 Å². The largest absolute Gasteiger partial charge is 0.477 e. The van der Waals surface area contributed by atoms with E-state index >= 15 is 0 Å². The van der Waals surface area contributed by atoms with Crippen LogP contribution in [0.3, 0.4) is 0 Å². The number of carboxylic acids is 1. The van der Waals surface area contributed by atoms with Gasteiger partial charge in [-0.2, -0.15) is 0 Å². The Balaban J connectivity index is 2.34. The highest BCUT2D eigenvalue weighted by atomic mass is 16.4. The standard InChI is InChI=1S/C11H15N3O3/c12-9(15)5-1-2-7-13-10-6-3-4-8(14-10)11(16)17/h3-4,6H,1-2,5,7H2,(H2,12,15)(H,13,14)(H,16,17). The number of aromatic carboxylic acids is 1. The third-order valence-electron chi connectivity index (χ3n) is 2.12. The second-order valence-electron chi connectivity index (χ2n) is 3.56. The Labute approximate surface area is 98.8 Å². The van der Waals surface area contributed by atoms with Crippen molar-refractivity contribution in [3.63, 3.8) is 0 Å². The van der Waals surface area contributed by atoms with E-state index < -0.39 is 5.97 Å². The van der Waals surface area contributed by atoms with Crippen molar-refractivity contribution >= 4 is 17.7 Å². The molecule has 0 bridgehead atoms. The summed E-state index contributed by atoms with van der Waals surface area (Å²) in [6.07, 6.45) is 1.85. The van der Waals surface area contributed by atoms with Crippen LogP contribution in [0.4, 0.5) is 5.82 Å². The number of carbonyl (C=O) groups excluding carboxylic acids is 1. The molecule has 0 saturated heterocycles. The van der Waals surface area contributed by atoms with Gasteiger partial charge in [0.15, 0.2) is 5.69 Å². The van der Waals surface area contributed by atoms with E-state index in [2.05, 4.69) is 10.3 Å². The number of hydrogen-bond acceptors (Lipinski definition) is 4. The van der Waals surface area contributed by atoms with Gasteiger partial charge in [0.1, 0.15) is 5.82 Å². The molecule has 4 N–H and O–H groups in total. The van der Waals surface area contributed by atoms with Crippen LogP contribution < -0.4 is 11.1 Å². The zero-order chi connectivity index (χ0) is 12.7. The van der Waals surface area contributed by atoms with E-state index in [9.17, 15) is 9.59 Å². The fourth-order valence-corrected chi connectivity index (χ4v) is 1.29. The molecule has 17 heavy (non-hydrogen) atoms. The lowest BCUT2D eigenvalue weighted by Crippen LogP contribution is -2.11. The number of carbonyl (C=O) groups is 2. The van der Waals surface area contributed by atoms with Crippen LogP contribution in [-0.2, 0) is 4.79 Å². The highest BCUT2D eigenvalue weighted by molar-refractivity contribution is 5.85. The average Bonchev–Trinajstić information content (AvgIpc) is 2.28. The van der Waals surface area contributed by atoms with Gasteiger partial charge in [-0.1, -0.05) is 6.07 Å². The van der Waals surface area contributed by atoms with Crippen molar-refractivity contribution < 1.29 is 14.7 Å². The molecule has 0 radical (unpaired) electrons. The Hall–Kier alpha value is -2.11. The van der Waals surface area contributed by atoms with Gasteiger partial charge >= 0.3 is 5.97 Å². The topological polar surface area (TPSA) is 105 Å². The summed E-state index contributed by atoms with van der Waals surface area (Å²) in [5, 5.41) is 11.7. The van der Waals surface area contributed by atoms with Gasteiger partial charge in [-0.25, -0.2) is 9.78 Å². The molecular formula is C11H15N3O3. The van der Waals surface area contributed by atoms with Gasteiger partial charge < -0.3 is 16.2 Å². The van der Waals surface area contributed by atoms with Crippen molar-refractivity contribution in [1.82, 2.24) is 4.98 Å². The van der Waals surface area contributed by atoms with Crippen LogP contribution in [0, 0.1) is 0 Å². The maximum absolute atomic E-state index is 10.7. The molecule has 6 heteroatoms. The van der Waals surface area contributed by atoms with Gasteiger partial charge in [0.05, 0.1) is 0 Å². The number of aromatic nitrogens is 1. The predicted octanol–water partition coefficient (Wildman–Crippen LogP) is 0.847. The molecule has 0 fully saturated rings. The number of rotatable bonds is 7. The lowest BCUT2D eigenvalue weighted by molar-refractivity contribution is -0.118. The molecule has 1 aromatic rings. The van der Waals surface area contributed by atoms with Crippen LogP contribution in [0.25, 0.3) is 0 Å². The van der Waals surface area contributed by atoms with E-state index in [4.69, 9.17) is 10.8 Å². The van der Waals surface area contributed by atoms with Gasteiger partial charge in [-0.15, -0.1) is 0 Å². The van der Waals surface area contributed by atoms with Crippen LogP contribution in [0.5, 0.6) is 0 Å². The number of primary amides is 1. The minimum atomic E-state index is -1.05. The minimum Gasteiger partial charge on any atom is -0.477 e. The first-order chi connectivity index (χ1) is 8.09. The van der Waals surface area contributed by atoms with E-state index in [1.807, 2.05) is 0 Å².